The van der Waals surface area contributed by atoms with Gasteiger partial charge in [-0.1, -0.05) is 19.9 Å². The Morgan fingerprint density at radius 2 is 1.77 bits per heavy atom. The van der Waals surface area contributed by atoms with E-state index in [0.29, 0.717) is 29.8 Å². The van der Waals surface area contributed by atoms with E-state index in [9.17, 15) is 4.79 Å². The summed E-state index contributed by atoms with van der Waals surface area (Å²) in [6.07, 6.45) is 8.60. The molecule has 5 nitrogen and oxygen atoms in total. The van der Waals surface area contributed by atoms with Gasteiger partial charge in [-0.3, -0.25) is 9.78 Å². The molecule has 0 aliphatic carbocycles. The second-order valence-corrected chi connectivity index (χ2v) is 11.5. The number of likely N-dealkylation sites (tertiary alicyclic amines) is 1. The van der Waals surface area contributed by atoms with Crippen LogP contribution >= 0.6 is 0 Å². The van der Waals surface area contributed by atoms with E-state index in [1.54, 1.807) is 0 Å². The lowest BCUT2D eigenvalue weighted by Gasteiger charge is -2.37. The maximum Gasteiger partial charge on any atom is 0.225 e. The fraction of sp³-hybridized carbons (Fsp3) is 0.533. The van der Waals surface area contributed by atoms with Gasteiger partial charge in [-0.15, -0.1) is 0 Å². The standard InChI is InChI=1S/C30H38N4O/c1-18(2)28-26-17-21(4-7-27(26)33-29(28)22-8-11-31-19(3)14-22)20-9-12-34(13-10-20)30(35)23-15-24-5-6-25(16-23)32-24/h4,7-8,11,14,17-18,20,23-25,32-33H,5-6,9-10,12-13,15-16H2,1-3H3/t23?,24-,25+. The first kappa shape index (κ1) is 22.8. The Morgan fingerprint density at radius 3 is 2.46 bits per heavy atom. The summed E-state index contributed by atoms with van der Waals surface area (Å²) in [6.45, 7) is 8.40. The molecule has 2 N–H and O–H groups in total. The molecule has 2 bridgehead atoms. The fourth-order valence-electron chi connectivity index (χ4n) is 6.96. The number of pyridine rings is 1. The third kappa shape index (κ3) is 4.29. The molecule has 3 atom stereocenters. The number of amides is 1. The summed E-state index contributed by atoms with van der Waals surface area (Å²) in [5.41, 5.74) is 7.47. The second-order valence-electron chi connectivity index (χ2n) is 11.5. The fourth-order valence-corrected chi connectivity index (χ4v) is 6.96. The Labute approximate surface area is 208 Å². The summed E-state index contributed by atoms with van der Waals surface area (Å²) in [5.74, 6) is 1.60. The Morgan fingerprint density at radius 1 is 1.03 bits per heavy atom. The smallest absolute Gasteiger partial charge is 0.225 e. The minimum Gasteiger partial charge on any atom is -0.354 e. The lowest BCUT2D eigenvalue weighted by molar-refractivity contribution is -0.137. The van der Waals surface area contributed by atoms with Gasteiger partial charge in [-0.25, -0.2) is 0 Å². The molecule has 2 aromatic heterocycles. The Balaban J connectivity index is 1.20. The van der Waals surface area contributed by atoms with Gasteiger partial charge in [-0.05, 0) is 92.7 Å². The number of hydrogen-bond donors (Lipinski definition) is 2. The molecule has 3 aliphatic rings. The van der Waals surface area contributed by atoms with E-state index in [2.05, 4.69) is 64.4 Å². The number of carbonyl (C=O) groups is 1. The highest BCUT2D eigenvalue weighted by Gasteiger charge is 2.39. The molecule has 5 heterocycles. The average Bonchev–Trinajstić information content (AvgIpc) is 3.42. The van der Waals surface area contributed by atoms with E-state index in [4.69, 9.17) is 0 Å². The average molecular weight is 471 g/mol. The van der Waals surface area contributed by atoms with Crippen LogP contribution in [-0.4, -0.2) is 45.9 Å². The summed E-state index contributed by atoms with van der Waals surface area (Å²) >= 11 is 0. The van der Waals surface area contributed by atoms with Crippen molar-refractivity contribution in [2.75, 3.05) is 13.1 Å². The number of aryl methyl sites for hydroxylation is 1. The van der Waals surface area contributed by atoms with Crippen molar-refractivity contribution in [3.05, 3.63) is 53.3 Å². The number of carbonyl (C=O) groups excluding carboxylic acids is 1. The number of piperidine rings is 2. The van der Waals surface area contributed by atoms with Gasteiger partial charge in [0.25, 0.3) is 0 Å². The zero-order valence-corrected chi connectivity index (χ0v) is 21.3. The topological polar surface area (TPSA) is 61.0 Å². The van der Waals surface area contributed by atoms with Crippen molar-refractivity contribution in [1.82, 2.24) is 20.2 Å². The van der Waals surface area contributed by atoms with Gasteiger partial charge >= 0.3 is 0 Å². The molecule has 1 unspecified atom stereocenters. The zero-order chi connectivity index (χ0) is 24.1. The van der Waals surface area contributed by atoms with E-state index in [0.717, 1.165) is 44.5 Å². The highest BCUT2D eigenvalue weighted by molar-refractivity contribution is 5.92. The van der Waals surface area contributed by atoms with Crippen LogP contribution in [0.2, 0.25) is 0 Å². The summed E-state index contributed by atoms with van der Waals surface area (Å²) in [7, 11) is 0. The van der Waals surface area contributed by atoms with Crippen LogP contribution in [0.5, 0.6) is 0 Å². The zero-order valence-electron chi connectivity index (χ0n) is 21.3. The normalized spacial score (nSPS) is 25.0. The molecule has 184 valence electrons. The highest BCUT2D eigenvalue weighted by atomic mass is 16.2. The summed E-state index contributed by atoms with van der Waals surface area (Å²) < 4.78 is 0. The lowest BCUT2D eigenvalue weighted by Crippen LogP contribution is -2.47. The minimum atomic E-state index is 0.241. The highest BCUT2D eigenvalue weighted by Crippen LogP contribution is 2.39. The van der Waals surface area contributed by atoms with E-state index < -0.39 is 0 Å². The van der Waals surface area contributed by atoms with Crippen molar-refractivity contribution in [2.45, 2.75) is 83.2 Å². The molecule has 0 saturated carbocycles. The lowest BCUT2D eigenvalue weighted by atomic mass is 9.86. The van der Waals surface area contributed by atoms with Crippen molar-refractivity contribution in [1.29, 1.82) is 0 Å². The van der Waals surface area contributed by atoms with Gasteiger partial charge in [0, 0.05) is 59.4 Å². The van der Waals surface area contributed by atoms with Gasteiger partial charge in [-0.2, -0.15) is 0 Å². The maximum absolute atomic E-state index is 13.3. The largest absolute Gasteiger partial charge is 0.354 e. The van der Waals surface area contributed by atoms with Crippen LogP contribution < -0.4 is 5.32 Å². The number of aromatic nitrogens is 2. The predicted octanol–water partition coefficient (Wildman–Crippen LogP) is 5.90. The van der Waals surface area contributed by atoms with Crippen LogP contribution in [0.15, 0.2) is 36.5 Å². The second kappa shape index (κ2) is 9.09. The molecule has 1 aromatic carbocycles. The minimum absolute atomic E-state index is 0.241. The Kier molecular flexibility index (Phi) is 5.92. The molecule has 5 heteroatoms. The molecule has 3 aliphatic heterocycles. The van der Waals surface area contributed by atoms with Crippen molar-refractivity contribution >= 4 is 16.8 Å². The predicted molar refractivity (Wildman–Crippen MR) is 142 cm³/mol. The van der Waals surface area contributed by atoms with E-state index in [1.807, 2.05) is 13.1 Å². The third-order valence-electron chi connectivity index (χ3n) is 8.73. The molecule has 1 amide bonds. The number of fused-ring (bicyclic) bond motifs is 3. The third-order valence-corrected chi connectivity index (χ3v) is 8.73. The number of hydrogen-bond acceptors (Lipinski definition) is 3. The SMILES string of the molecule is Cc1cc(-c2[nH]c3ccc(C4CCN(C(=O)C5C[C@H]6CC[C@@H](C5)N6)CC4)cc3c2C(C)C)ccn1. The number of aromatic amines is 1. The molecule has 35 heavy (non-hydrogen) atoms. The first-order valence-corrected chi connectivity index (χ1v) is 13.6. The number of H-pyrrole nitrogens is 1. The van der Waals surface area contributed by atoms with Crippen LogP contribution in [0, 0.1) is 12.8 Å². The molecule has 3 aromatic rings. The summed E-state index contributed by atoms with van der Waals surface area (Å²) in [5, 5.41) is 5.01. The van der Waals surface area contributed by atoms with Gasteiger partial charge in [0.05, 0.1) is 5.69 Å². The van der Waals surface area contributed by atoms with Crippen LogP contribution in [0.4, 0.5) is 0 Å². The molecule has 6 rings (SSSR count). The number of nitrogens with one attached hydrogen (secondary N) is 2. The van der Waals surface area contributed by atoms with Crippen molar-refractivity contribution in [3.8, 4) is 11.3 Å². The van der Waals surface area contributed by atoms with E-state index >= 15 is 0 Å². The number of benzene rings is 1. The van der Waals surface area contributed by atoms with Crippen molar-refractivity contribution < 1.29 is 4.79 Å². The molecular weight excluding hydrogens is 432 g/mol. The summed E-state index contributed by atoms with van der Waals surface area (Å²) in [4.78, 5) is 23.5. The Bertz CT molecular complexity index is 1220. The van der Waals surface area contributed by atoms with Crippen molar-refractivity contribution in [2.24, 2.45) is 5.92 Å². The molecule has 3 saturated heterocycles. The molecule has 0 radical (unpaired) electrons. The van der Waals surface area contributed by atoms with Gasteiger partial charge in [0.2, 0.25) is 5.91 Å². The first-order chi connectivity index (χ1) is 17.0. The molecule has 3 fully saturated rings. The van der Waals surface area contributed by atoms with E-state index in [1.165, 1.54) is 46.1 Å². The van der Waals surface area contributed by atoms with Gasteiger partial charge < -0.3 is 15.2 Å². The summed E-state index contributed by atoms with van der Waals surface area (Å²) in [6, 6.07) is 12.4. The molecular formula is C30H38N4O. The Hall–Kier alpha value is -2.66. The van der Waals surface area contributed by atoms with Crippen LogP contribution in [0.3, 0.4) is 0 Å². The van der Waals surface area contributed by atoms with Crippen LogP contribution in [0.25, 0.3) is 22.2 Å². The van der Waals surface area contributed by atoms with Crippen LogP contribution in [0.1, 0.15) is 81.0 Å². The van der Waals surface area contributed by atoms with Crippen LogP contribution in [-0.2, 0) is 4.79 Å². The monoisotopic (exact) mass is 470 g/mol. The number of rotatable bonds is 4. The maximum atomic E-state index is 13.3. The first-order valence-electron chi connectivity index (χ1n) is 13.6. The number of nitrogens with zero attached hydrogens (tertiary/aromatic N) is 2. The van der Waals surface area contributed by atoms with Gasteiger partial charge in [0.1, 0.15) is 0 Å². The quantitative estimate of drug-likeness (QED) is 0.499. The van der Waals surface area contributed by atoms with E-state index in [-0.39, 0.29) is 5.92 Å². The van der Waals surface area contributed by atoms with Crippen molar-refractivity contribution in [3.63, 3.8) is 0 Å². The van der Waals surface area contributed by atoms with Gasteiger partial charge in [0.15, 0.2) is 0 Å². The molecule has 0 spiro atoms.